The van der Waals surface area contributed by atoms with Crippen LogP contribution in [0.1, 0.15) is 32.7 Å². The maximum Gasteiger partial charge on any atom is 0.276 e. The molecular weight excluding hydrogens is 388 g/mol. The topological polar surface area (TPSA) is 68.4 Å². The Bertz CT molecular complexity index is 1360. The SMILES string of the molecule is Cc1cccc(Cn2cccc(C(=O)N/N=C\c3c(C)n(C)c4ccccc34)c2=O)c1. The van der Waals surface area contributed by atoms with Crippen LogP contribution in [0, 0.1) is 13.8 Å². The number of amides is 1. The van der Waals surface area contributed by atoms with E-state index < -0.39 is 5.91 Å². The molecule has 2 aromatic carbocycles. The summed E-state index contributed by atoms with van der Waals surface area (Å²) in [4.78, 5) is 25.4. The van der Waals surface area contributed by atoms with Gasteiger partial charge in [-0.3, -0.25) is 9.59 Å². The van der Waals surface area contributed by atoms with Crippen molar-refractivity contribution in [1.82, 2.24) is 14.6 Å². The second kappa shape index (κ2) is 8.44. The third-order valence-corrected chi connectivity index (χ3v) is 5.51. The number of hydrogen-bond donors (Lipinski definition) is 1. The molecule has 0 bridgehead atoms. The van der Waals surface area contributed by atoms with Crippen molar-refractivity contribution in [3.63, 3.8) is 0 Å². The van der Waals surface area contributed by atoms with E-state index in [1.807, 2.05) is 69.4 Å². The number of hydrogen-bond acceptors (Lipinski definition) is 3. The molecule has 1 N–H and O–H groups in total. The van der Waals surface area contributed by atoms with Crippen molar-refractivity contribution >= 4 is 23.0 Å². The zero-order valence-corrected chi connectivity index (χ0v) is 17.8. The summed E-state index contributed by atoms with van der Waals surface area (Å²) in [6, 6.07) is 19.2. The first-order chi connectivity index (χ1) is 15.0. The van der Waals surface area contributed by atoms with Gasteiger partial charge in [-0.2, -0.15) is 5.10 Å². The number of benzene rings is 2. The Morgan fingerprint density at radius 3 is 2.68 bits per heavy atom. The Labute approximate surface area is 180 Å². The highest BCUT2D eigenvalue weighted by Gasteiger charge is 2.13. The van der Waals surface area contributed by atoms with Crippen LogP contribution in [0.15, 0.2) is 76.8 Å². The Morgan fingerprint density at radius 1 is 1.06 bits per heavy atom. The van der Waals surface area contributed by atoms with E-state index in [1.165, 1.54) is 10.6 Å². The lowest BCUT2D eigenvalue weighted by Crippen LogP contribution is -2.30. The van der Waals surface area contributed by atoms with Gasteiger partial charge in [-0.1, -0.05) is 48.0 Å². The van der Waals surface area contributed by atoms with Gasteiger partial charge in [0.05, 0.1) is 12.8 Å². The average molecular weight is 412 g/mol. The molecule has 2 heterocycles. The molecule has 2 aromatic heterocycles. The Morgan fingerprint density at radius 2 is 1.87 bits per heavy atom. The minimum atomic E-state index is -0.530. The number of pyridine rings is 1. The highest BCUT2D eigenvalue weighted by molar-refractivity contribution is 6.02. The van der Waals surface area contributed by atoms with Crippen LogP contribution < -0.4 is 11.0 Å². The van der Waals surface area contributed by atoms with Gasteiger partial charge in [-0.25, -0.2) is 5.43 Å². The van der Waals surface area contributed by atoms with Crippen LogP contribution in [0.2, 0.25) is 0 Å². The monoisotopic (exact) mass is 412 g/mol. The highest BCUT2D eigenvalue weighted by Crippen LogP contribution is 2.22. The molecule has 31 heavy (non-hydrogen) atoms. The molecule has 0 unspecified atom stereocenters. The van der Waals surface area contributed by atoms with Crippen molar-refractivity contribution in [1.29, 1.82) is 0 Å². The number of hydrazone groups is 1. The van der Waals surface area contributed by atoms with Crippen molar-refractivity contribution in [2.45, 2.75) is 20.4 Å². The maximum atomic E-state index is 12.8. The second-order valence-corrected chi connectivity index (χ2v) is 7.62. The van der Waals surface area contributed by atoms with Crippen LogP contribution in [0.5, 0.6) is 0 Å². The van der Waals surface area contributed by atoms with Crippen molar-refractivity contribution in [3.8, 4) is 0 Å². The van der Waals surface area contributed by atoms with E-state index in [0.717, 1.165) is 33.3 Å². The fraction of sp³-hybridized carbons (Fsp3) is 0.160. The lowest BCUT2D eigenvalue weighted by molar-refractivity contribution is 0.0953. The summed E-state index contributed by atoms with van der Waals surface area (Å²) in [5.74, 6) is -0.530. The molecule has 6 heteroatoms. The Hall–Kier alpha value is -3.93. The third kappa shape index (κ3) is 4.05. The number of rotatable bonds is 5. The molecule has 4 rings (SSSR count). The van der Waals surface area contributed by atoms with Crippen molar-refractivity contribution in [2.24, 2.45) is 12.1 Å². The molecule has 6 nitrogen and oxygen atoms in total. The maximum absolute atomic E-state index is 12.8. The summed E-state index contributed by atoms with van der Waals surface area (Å²) in [6.45, 7) is 4.41. The first-order valence-electron chi connectivity index (χ1n) is 10.1. The number of carbonyl (C=O) groups excluding carboxylic acids is 1. The molecule has 0 spiro atoms. The smallest absolute Gasteiger partial charge is 0.276 e. The van der Waals surface area contributed by atoms with Crippen molar-refractivity contribution < 1.29 is 4.79 Å². The standard InChI is InChI=1S/C25H24N4O2/c1-17-8-6-9-19(14-17)16-29-13-7-11-21(25(29)31)24(30)27-26-15-22-18(2)28(3)23-12-5-4-10-20(22)23/h4-15H,16H2,1-3H3,(H,27,30)/b26-15-. The molecule has 0 fully saturated rings. The molecular formula is C25H24N4O2. The summed E-state index contributed by atoms with van der Waals surface area (Å²) in [5.41, 5.74) is 7.40. The van der Waals surface area contributed by atoms with E-state index in [1.54, 1.807) is 18.5 Å². The van der Waals surface area contributed by atoms with Gasteiger partial charge in [0.1, 0.15) is 5.56 Å². The van der Waals surface area contributed by atoms with E-state index >= 15 is 0 Å². The second-order valence-electron chi connectivity index (χ2n) is 7.62. The van der Waals surface area contributed by atoms with Gasteiger partial charge in [0.25, 0.3) is 11.5 Å². The van der Waals surface area contributed by atoms with Crippen LogP contribution in [0.4, 0.5) is 0 Å². The number of para-hydroxylation sites is 1. The number of aryl methyl sites for hydroxylation is 2. The molecule has 0 saturated carbocycles. The predicted octanol–water partition coefficient (Wildman–Crippen LogP) is 3.77. The lowest BCUT2D eigenvalue weighted by atomic mass is 10.1. The first kappa shape index (κ1) is 20.3. The number of carbonyl (C=O) groups is 1. The highest BCUT2D eigenvalue weighted by atomic mass is 16.2. The quantitative estimate of drug-likeness (QED) is 0.400. The van der Waals surface area contributed by atoms with Crippen LogP contribution >= 0.6 is 0 Å². The van der Waals surface area contributed by atoms with Crippen LogP contribution in [0.25, 0.3) is 10.9 Å². The molecule has 0 atom stereocenters. The van der Waals surface area contributed by atoms with E-state index in [2.05, 4.69) is 15.1 Å². The lowest BCUT2D eigenvalue weighted by Gasteiger charge is -2.08. The largest absolute Gasteiger partial charge is 0.347 e. The molecule has 0 aliphatic heterocycles. The Balaban J connectivity index is 1.55. The van der Waals surface area contributed by atoms with E-state index in [0.29, 0.717) is 6.54 Å². The van der Waals surface area contributed by atoms with Gasteiger partial charge in [-0.15, -0.1) is 0 Å². The van der Waals surface area contributed by atoms with Crippen LogP contribution in [-0.2, 0) is 13.6 Å². The predicted molar refractivity (Wildman–Crippen MR) is 124 cm³/mol. The molecule has 4 aromatic rings. The van der Waals surface area contributed by atoms with Gasteiger partial charge >= 0.3 is 0 Å². The molecule has 156 valence electrons. The normalized spacial score (nSPS) is 11.3. The summed E-state index contributed by atoms with van der Waals surface area (Å²) >= 11 is 0. The minimum absolute atomic E-state index is 0.0574. The van der Waals surface area contributed by atoms with Gasteiger partial charge in [0.15, 0.2) is 0 Å². The first-order valence-corrected chi connectivity index (χ1v) is 10.1. The number of aromatic nitrogens is 2. The summed E-state index contributed by atoms with van der Waals surface area (Å²) < 4.78 is 3.61. The molecule has 0 aliphatic carbocycles. The number of nitrogens with one attached hydrogen (secondary N) is 1. The van der Waals surface area contributed by atoms with Gasteiger partial charge in [0.2, 0.25) is 0 Å². The summed E-state index contributed by atoms with van der Waals surface area (Å²) in [5, 5.41) is 5.18. The molecule has 1 amide bonds. The molecule has 0 radical (unpaired) electrons. The number of nitrogens with zero attached hydrogens (tertiary/aromatic N) is 3. The van der Waals surface area contributed by atoms with E-state index in [-0.39, 0.29) is 11.1 Å². The zero-order chi connectivity index (χ0) is 22.0. The fourth-order valence-corrected chi connectivity index (χ4v) is 3.77. The summed E-state index contributed by atoms with van der Waals surface area (Å²) in [6.07, 6.45) is 3.31. The fourth-order valence-electron chi connectivity index (χ4n) is 3.77. The Kier molecular flexibility index (Phi) is 5.54. The molecule has 0 aliphatic rings. The molecule has 0 saturated heterocycles. The summed E-state index contributed by atoms with van der Waals surface area (Å²) in [7, 11) is 1.99. The minimum Gasteiger partial charge on any atom is -0.347 e. The van der Waals surface area contributed by atoms with Crippen molar-refractivity contribution in [2.75, 3.05) is 0 Å². The van der Waals surface area contributed by atoms with E-state index in [9.17, 15) is 9.59 Å². The van der Waals surface area contributed by atoms with E-state index in [4.69, 9.17) is 0 Å². The van der Waals surface area contributed by atoms with Crippen LogP contribution in [-0.4, -0.2) is 21.3 Å². The van der Waals surface area contributed by atoms with Gasteiger partial charge < -0.3 is 9.13 Å². The van der Waals surface area contributed by atoms with Crippen molar-refractivity contribution in [3.05, 3.63) is 105 Å². The van der Waals surface area contributed by atoms with Crippen LogP contribution in [0.3, 0.4) is 0 Å². The van der Waals surface area contributed by atoms with Gasteiger partial charge in [0, 0.05) is 35.4 Å². The average Bonchev–Trinajstić information content (AvgIpc) is 3.00. The number of fused-ring (bicyclic) bond motifs is 1. The zero-order valence-electron chi connectivity index (χ0n) is 17.8. The third-order valence-electron chi connectivity index (χ3n) is 5.51. The van der Waals surface area contributed by atoms with Gasteiger partial charge in [-0.05, 0) is 37.6 Å².